The van der Waals surface area contributed by atoms with Gasteiger partial charge in [0.1, 0.15) is 5.76 Å². The predicted octanol–water partition coefficient (Wildman–Crippen LogP) is 17.4. The van der Waals surface area contributed by atoms with Crippen molar-refractivity contribution < 1.29 is 20.4 Å². The number of unbranched alkanes of at least 4 members (excludes halogenated alkanes) is 28. The molecule has 0 amide bonds. The van der Waals surface area contributed by atoms with E-state index in [1.54, 1.807) is 0 Å². The molecule has 1 saturated heterocycles. The van der Waals surface area contributed by atoms with Gasteiger partial charge < -0.3 is 25.3 Å². The summed E-state index contributed by atoms with van der Waals surface area (Å²) in [6.07, 6.45) is 45.3. The fourth-order valence-corrected chi connectivity index (χ4v) is 14.7. The average Bonchev–Trinajstić information content (AvgIpc) is 3.37. The number of aliphatic hydroxyl groups is 4. The van der Waals surface area contributed by atoms with Crippen LogP contribution in [-0.4, -0.2) is 152 Å². The van der Waals surface area contributed by atoms with E-state index in [0.717, 1.165) is 114 Å². The molecule has 0 aromatic heterocycles. The van der Waals surface area contributed by atoms with E-state index >= 15 is 0 Å². The fourth-order valence-electron chi connectivity index (χ4n) is 10.6. The Hall–Kier alpha value is 0.500. The molecule has 74 heavy (non-hydrogen) atoms. The number of hydrogen-bond acceptors (Lipinski definition) is 12. The number of piperazine rings is 1. The molecule has 442 valence electrons. The molecule has 0 bridgehead atoms. The second-order valence-corrected chi connectivity index (χ2v) is 28.2. The fraction of sp³-hybridized carbons (Fsp3) is 0.968. The first-order chi connectivity index (χ1) is 36.1. The molecular formula is C62H126N4O4S4. The first kappa shape index (κ1) is 72.5. The Balaban J connectivity index is 2.49. The Labute approximate surface area is 477 Å². The van der Waals surface area contributed by atoms with Crippen LogP contribution < -0.4 is 0 Å². The molecule has 1 aliphatic heterocycles. The van der Waals surface area contributed by atoms with Crippen LogP contribution in [-0.2, 0) is 0 Å². The highest BCUT2D eigenvalue weighted by Gasteiger charge is 2.28. The van der Waals surface area contributed by atoms with Crippen molar-refractivity contribution in [1.29, 1.82) is 0 Å². The summed E-state index contributed by atoms with van der Waals surface area (Å²) in [7, 11) is 7.89. The van der Waals surface area contributed by atoms with E-state index < -0.39 is 0 Å². The first-order valence-electron chi connectivity index (χ1n) is 32.0. The van der Waals surface area contributed by atoms with Gasteiger partial charge in [-0.15, -0.1) is 0 Å². The zero-order chi connectivity index (χ0) is 54.0. The Morgan fingerprint density at radius 1 is 0.432 bits per heavy atom. The second-order valence-electron chi connectivity index (χ2n) is 22.8. The molecule has 0 aliphatic carbocycles. The van der Waals surface area contributed by atoms with Gasteiger partial charge in [0, 0.05) is 107 Å². The molecule has 8 nitrogen and oxygen atoms in total. The van der Waals surface area contributed by atoms with Gasteiger partial charge in [-0.05, 0) is 39.5 Å². The maximum Gasteiger partial charge on any atom is 0.108 e. The zero-order valence-electron chi connectivity index (χ0n) is 49.8. The van der Waals surface area contributed by atoms with Crippen LogP contribution in [0.1, 0.15) is 273 Å². The molecule has 5 atom stereocenters. The summed E-state index contributed by atoms with van der Waals surface area (Å²) in [5.74, 6) is 4.70. The molecule has 4 N–H and O–H groups in total. The average molecular weight is 1120 g/mol. The Morgan fingerprint density at radius 2 is 0.743 bits per heavy atom. The molecule has 0 saturated carbocycles. The molecular weight excluding hydrogens is 993 g/mol. The highest BCUT2D eigenvalue weighted by Crippen LogP contribution is 2.26. The first-order valence-corrected chi connectivity index (χ1v) is 37.0. The molecule has 0 spiro atoms. The van der Waals surface area contributed by atoms with Gasteiger partial charge in [-0.2, -0.15) is 0 Å². The summed E-state index contributed by atoms with van der Waals surface area (Å²) >= 11 is 0. The lowest BCUT2D eigenvalue weighted by atomic mass is 10.0. The quantitative estimate of drug-likeness (QED) is 0.0265. The summed E-state index contributed by atoms with van der Waals surface area (Å²) in [4.78, 5) is 9.95. The molecule has 0 radical (unpaired) electrons. The summed E-state index contributed by atoms with van der Waals surface area (Å²) in [5.41, 5.74) is 0. The maximum absolute atomic E-state index is 11.1. The third-order valence-electron chi connectivity index (χ3n) is 15.5. The summed E-state index contributed by atoms with van der Waals surface area (Å²) < 4.78 is 0. The third-order valence-corrected chi connectivity index (χ3v) is 20.2. The van der Waals surface area contributed by atoms with Gasteiger partial charge in [0.15, 0.2) is 0 Å². The van der Waals surface area contributed by atoms with E-state index in [1.165, 1.54) is 180 Å². The van der Waals surface area contributed by atoms with Gasteiger partial charge >= 0.3 is 0 Å². The Morgan fingerprint density at radius 3 is 1.12 bits per heavy atom. The molecule has 1 aliphatic rings. The normalized spacial score (nSPS) is 17.2. The zero-order valence-corrected chi connectivity index (χ0v) is 53.1. The van der Waals surface area contributed by atoms with Crippen molar-refractivity contribution in [3.63, 3.8) is 0 Å². The van der Waals surface area contributed by atoms with Crippen LogP contribution in [0.15, 0.2) is 12.0 Å². The maximum atomic E-state index is 11.1. The minimum Gasteiger partial charge on any atom is -0.511 e. The Bertz CT molecular complexity index is 1170. The van der Waals surface area contributed by atoms with Gasteiger partial charge in [0.25, 0.3) is 0 Å². The van der Waals surface area contributed by atoms with E-state index in [0.29, 0.717) is 37.5 Å². The second kappa shape index (κ2) is 54.1. The van der Waals surface area contributed by atoms with Crippen molar-refractivity contribution >= 4 is 43.2 Å². The molecule has 0 aromatic rings. The van der Waals surface area contributed by atoms with Crippen LogP contribution in [0.3, 0.4) is 0 Å². The van der Waals surface area contributed by atoms with Crippen LogP contribution in [0, 0.1) is 0 Å². The highest BCUT2D eigenvalue weighted by atomic mass is 33.1. The molecule has 5 unspecified atom stereocenters. The van der Waals surface area contributed by atoms with Gasteiger partial charge in [-0.1, -0.05) is 270 Å². The molecule has 1 heterocycles. The molecule has 1 rings (SSSR count). The van der Waals surface area contributed by atoms with Gasteiger partial charge in [0.05, 0.1) is 18.3 Å². The lowest BCUT2D eigenvalue weighted by molar-refractivity contribution is 0.0516. The Kier molecular flexibility index (Phi) is 53.0. The topological polar surface area (TPSA) is 93.9 Å². The van der Waals surface area contributed by atoms with E-state index in [9.17, 15) is 20.4 Å². The van der Waals surface area contributed by atoms with Crippen molar-refractivity contribution in [2.45, 2.75) is 303 Å². The smallest absolute Gasteiger partial charge is 0.108 e. The molecule has 0 aromatic carbocycles. The minimum absolute atomic E-state index is 0.309. The number of nitrogens with zero attached hydrogens (tertiary/aromatic N) is 4. The summed E-state index contributed by atoms with van der Waals surface area (Å²) in [6.45, 7) is 22.1. The van der Waals surface area contributed by atoms with E-state index in [1.807, 2.05) is 49.4 Å². The third kappa shape index (κ3) is 45.3. The largest absolute Gasteiger partial charge is 0.511 e. The molecule has 12 heteroatoms. The van der Waals surface area contributed by atoms with Crippen LogP contribution in [0.25, 0.3) is 0 Å². The number of aliphatic hydroxyl groups excluding tert-OH is 4. The van der Waals surface area contributed by atoms with Crippen molar-refractivity contribution in [1.82, 2.24) is 19.6 Å². The van der Waals surface area contributed by atoms with Crippen molar-refractivity contribution in [2.75, 3.05) is 81.9 Å². The van der Waals surface area contributed by atoms with Gasteiger partial charge in [0.2, 0.25) is 0 Å². The van der Waals surface area contributed by atoms with Crippen LogP contribution in [0.2, 0.25) is 0 Å². The SMILES string of the molecule is CCCCCCCCCC/C(O)=C/N(CCSSCCN1CC(C)N(CCSSCCN(CC(O)CCCCCCCCCC)CC(O)CCCCCCCCCC)CC1C)CC(O)CCCCCCCCCC. The number of hydrogen-bond donors (Lipinski definition) is 4. The van der Waals surface area contributed by atoms with Gasteiger partial charge in [-0.25, -0.2) is 0 Å². The highest BCUT2D eigenvalue weighted by molar-refractivity contribution is 8.77. The predicted molar refractivity (Wildman–Crippen MR) is 338 cm³/mol. The van der Waals surface area contributed by atoms with Crippen LogP contribution >= 0.6 is 43.2 Å². The van der Waals surface area contributed by atoms with E-state index in [2.05, 4.69) is 61.1 Å². The lowest BCUT2D eigenvalue weighted by Gasteiger charge is -2.44. The standard InChI is InChI=1S/C62H126N4O4S4/c1-7-11-15-19-23-27-31-35-39-59(67)53-63(54-60(68)40-36-32-28-24-20-16-12-8-2)43-47-71-73-49-45-65-51-58(6)66(52-57(65)5)46-50-74-72-48-44-64(55-61(69)41-37-33-29-25-21-17-13-9-3)56-62(70)42-38-34-30-26-22-18-14-10-4/h53,57-58,60-62,67-70H,7-52,54-56H2,1-6H3/b59-53-. The van der Waals surface area contributed by atoms with Gasteiger partial charge in [-0.3, -0.25) is 14.7 Å². The number of allylic oxidation sites excluding steroid dienone is 1. The summed E-state index contributed by atoms with van der Waals surface area (Å²) in [6, 6.07) is 1.09. The lowest BCUT2D eigenvalue weighted by Crippen LogP contribution is -2.57. The molecule has 1 fully saturated rings. The monoisotopic (exact) mass is 1120 g/mol. The van der Waals surface area contributed by atoms with Crippen LogP contribution in [0.4, 0.5) is 0 Å². The summed E-state index contributed by atoms with van der Waals surface area (Å²) in [5, 5.41) is 44.1. The van der Waals surface area contributed by atoms with Crippen LogP contribution in [0.5, 0.6) is 0 Å². The van der Waals surface area contributed by atoms with Crippen molar-refractivity contribution in [3.8, 4) is 0 Å². The van der Waals surface area contributed by atoms with Crippen molar-refractivity contribution in [3.05, 3.63) is 12.0 Å². The van der Waals surface area contributed by atoms with E-state index in [4.69, 9.17) is 0 Å². The minimum atomic E-state index is -0.352. The van der Waals surface area contributed by atoms with Crippen molar-refractivity contribution in [2.24, 2.45) is 0 Å². The number of rotatable bonds is 57. The van der Waals surface area contributed by atoms with E-state index in [-0.39, 0.29) is 18.3 Å².